The summed E-state index contributed by atoms with van der Waals surface area (Å²) in [6.45, 7) is 4.01. The Kier molecular flexibility index (Phi) is 4.38. The average molecular weight is 373 g/mol. The van der Waals surface area contributed by atoms with Crippen LogP contribution in [0.2, 0.25) is 0 Å². The molecule has 5 heteroatoms. The molecule has 0 radical (unpaired) electrons. The molecule has 0 atom stereocenters. The molecule has 2 heterocycles. The number of aryl methyl sites for hydroxylation is 2. The van der Waals surface area contributed by atoms with Gasteiger partial charge in [-0.2, -0.15) is 0 Å². The van der Waals surface area contributed by atoms with E-state index in [1.807, 2.05) is 55.5 Å². The van der Waals surface area contributed by atoms with E-state index in [-0.39, 0.29) is 5.91 Å². The number of amides is 1. The number of hydrogen-bond donors (Lipinski definition) is 2. The third-order valence-corrected chi connectivity index (χ3v) is 5.65. The molecule has 2 aromatic carbocycles. The lowest BCUT2D eigenvalue weighted by Gasteiger charge is -2.07. The van der Waals surface area contributed by atoms with Gasteiger partial charge in [0.25, 0.3) is 5.91 Å². The smallest absolute Gasteiger partial charge is 0.267 e. The van der Waals surface area contributed by atoms with Gasteiger partial charge in [-0.05, 0) is 37.6 Å². The van der Waals surface area contributed by atoms with Gasteiger partial charge in [-0.3, -0.25) is 4.79 Å². The monoisotopic (exact) mass is 373 g/mol. The quantitative estimate of drug-likeness (QED) is 0.504. The summed E-state index contributed by atoms with van der Waals surface area (Å²) >= 11 is 1.32. The molecule has 0 bridgehead atoms. The maximum Gasteiger partial charge on any atom is 0.267 e. The number of thiophene rings is 1. The zero-order valence-electron chi connectivity index (χ0n) is 15.1. The summed E-state index contributed by atoms with van der Waals surface area (Å²) in [5.74, 6) is -0.207. The van der Waals surface area contributed by atoms with Crippen LogP contribution in [0.4, 0.5) is 11.4 Å². The highest BCUT2D eigenvalue weighted by Crippen LogP contribution is 2.34. The van der Waals surface area contributed by atoms with Gasteiger partial charge in [-0.15, -0.1) is 11.3 Å². The van der Waals surface area contributed by atoms with Gasteiger partial charge in [0.2, 0.25) is 0 Å². The van der Waals surface area contributed by atoms with Crippen molar-refractivity contribution in [2.75, 3.05) is 11.1 Å². The number of benzene rings is 2. The molecule has 0 spiro atoms. The third kappa shape index (κ3) is 3.29. The third-order valence-electron chi connectivity index (χ3n) is 4.54. The van der Waals surface area contributed by atoms with Crippen LogP contribution < -0.4 is 11.1 Å². The number of fused-ring (bicyclic) bond motifs is 1. The molecule has 3 N–H and O–H groups in total. The number of para-hydroxylation sites is 1. The normalized spacial score (nSPS) is 10.9. The molecule has 134 valence electrons. The Morgan fingerprint density at radius 3 is 2.48 bits per heavy atom. The topological polar surface area (TPSA) is 68.0 Å². The van der Waals surface area contributed by atoms with Gasteiger partial charge in [-0.25, -0.2) is 4.98 Å². The first-order valence-electron chi connectivity index (χ1n) is 8.66. The second kappa shape index (κ2) is 6.85. The molecule has 0 unspecified atom stereocenters. The second-order valence-corrected chi connectivity index (χ2v) is 7.53. The van der Waals surface area contributed by atoms with E-state index >= 15 is 0 Å². The van der Waals surface area contributed by atoms with Gasteiger partial charge < -0.3 is 11.1 Å². The number of nitrogens with two attached hydrogens (primary N) is 1. The lowest BCUT2D eigenvalue weighted by molar-refractivity contribution is 0.103. The Morgan fingerprint density at radius 1 is 1.00 bits per heavy atom. The minimum absolute atomic E-state index is 0.207. The van der Waals surface area contributed by atoms with Crippen molar-refractivity contribution in [3.63, 3.8) is 0 Å². The summed E-state index contributed by atoms with van der Waals surface area (Å²) in [7, 11) is 0. The molecule has 0 aliphatic carbocycles. The molecular weight excluding hydrogens is 354 g/mol. The summed E-state index contributed by atoms with van der Waals surface area (Å²) in [5.41, 5.74) is 11.6. The van der Waals surface area contributed by atoms with E-state index in [1.54, 1.807) is 0 Å². The first-order chi connectivity index (χ1) is 13.0. The van der Waals surface area contributed by atoms with Crippen LogP contribution >= 0.6 is 11.3 Å². The van der Waals surface area contributed by atoms with Gasteiger partial charge in [0.1, 0.15) is 9.71 Å². The standard InChI is InChI=1S/C22H19N3OS/c1-13-7-9-15(10-8-13)18-12-11-16-19(23)20(27-22(16)25-18)21(26)24-17-6-4-3-5-14(17)2/h3-12H,23H2,1-2H3,(H,24,26). The molecule has 4 rings (SSSR count). The largest absolute Gasteiger partial charge is 0.397 e. The second-order valence-electron chi connectivity index (χ2n) is 6.53. The highest BCUT2D eigenvalue weighted by molar-refractivity contribution is 7.21. The summed E-state index contributed by atoms with van der Waals surface area (Å²) in [5, 5.41) is 3.76. The minimum Gasteiger partial charge on any atom is -0.397 e. The number of carbonyl (C=O) groups is 1. The van der Waals surface area contributed by atoms with E-state index in [1.165, 1.54) is 16.9 Å². The Balaban J connectivity index is 1.70. The van der Waals surface area contributed by atoms with Gasteiger partial charge >= 0.3 is 0 Å². The first kappa shape index (κ1) is 17.2. The van der Waals surface area contributed by atoms with Crippen LogP contribution in [0.25, 0.3) is 21.5 Å². The number of pyridine rings is 1. The molecule has 2 aromatic heterocycles. The summed E-state index contributed by atoms with van der Waals surface area (Å²) < 4.78 is 0. The Morgan fingerprint density at radius 2 is 1.74 bits per heavy atom. The van der Waals surface area contributed by atoms with Gasteiger partial charge in [0.15, 0.2) is 0 Å². The highest BCUT2D eigenvalue weighted by Gasteiger charge is 2.18. The molecule has 0 saturated heterocycles. The fraction of sp³-hybridized carbons (Fsp3) is 0.0909. The lowest BCUT2D eigenvalue weighted by Crippen LogP contribution is -2.12. The Bertz CT molecular complexity index is 1150. The van der Waals surface area contributed by atoms with Crippen LogP contribution in [-0.4, -0.2) is 10.9 Å². The van der Waals surface area contributed by atoms with Crippen molar-refractivity contribution in [1.29, 1.82) is 0 Å². The number of aromatic nitrogens is 1. The SMILES string of the molecule is Cc1ccc(-c2ccc3c(N)c(C(=O)Nc4ccccc4C)sc3n2)cc1. The molecular formula is C22H19N3OS. The maximum atomic E-state index is 12.7. The molecule has 4 aromatic rings. The van der Waals surface area contributed by atoms with E-state index in [2.05, 4.69) is 24.4 Å². The molecule has 0 aliphatic heterocycles. The fourth-order valence-corrected chi connectivity index (χ4v) is 3.93. The maximum absolute atomic E-state index is 12.7. The highest BCUT2D eigenvalue weighted by atomic mass is 32.1. The Labute approximate surface area is 161 Å². The average Bonchev–Trinajstić information content (AvgIpc) is 3.00. The molecule has 0 fully saturated rings. The van der Waals surface area contributed by atoms with Crippen molar-refractivity contribution >= 4 is 38.8 Å². The van der Waals surface area contributed by atoms with Crippen molar-refractivity contribution in [1.82, 2.24) is 4.98 Å². The van der Waals surface area contributed by atoms with Crippen molar-refractivity contribution in [3.05, 3.63) is 76.7 Å². The van der Waals surface area contributed by atoms with Gasteiger partial charge in [0, 0.05) is 16.6 Å². The fourth-order valence-electron chi connectivity index (χ4n) is 2.94. The molecule has 0 aliphatic rings. The number of hydrogen-bond acceptors (Lipinski definition) is 4. The zero-order chi connectivity index (χ0) is 19.0. The van der Waals surface area contributed by atoms with Crippen LogP contribution in [0.5, 0.6) is 0 Å². The van der Waals surface area contributed by atoms with Crippen LogP contribution in [0, 0.1) is 13.8 Å². The first-order valence-corrected chi connectivity index (χ1v) is 9.47. The molecule has 27 heavy (non-hydrogen) atoms. The Hall–Kier alpha value is -3.18. The number of carbonyl (C=O) groups excluding carboxylic acids is 1. The minimum atomic E-state index is -0.207. The summed E-state index contributed by atoms with van der Waals surface area (Å²) in [4.78, 5) is 18.7. The molecule has 4 nitrogen and oxygen atoms in total. The van der Waals surface area contributed by atoms with Gasteiger partial charge in [0.05, 0.1) is 11.4 Å². The number of nitrogens with one attached hydrogen (secondary N) is 1. The van der Waals surface area contributed by atoms with Crippen LogP contribution in [-0.2, 0) is 0 Å². The predicted molar refractivity (Wildman–Crippen MR) is 113 cm³/mol. The number of nitrogens with zero attached hydrogens (tertiary/aromatic N) is 1. The van der Waals surface area contributed by atoms with Crippen LogP contribution in [0.1, 0.15) is 20.8 Å². The van der Waals surface area contributed by atoms with Crippen molar-refractivity contribution in [2.24, 2.45) is 0 Å². The summed E-state index contributed by atoms with van der Waals surface area (Å²) in [6.07, 6.45) is 0. The number of anilines is 2. The summed E-state index contributed by atoms with van der Waals surface area (Å²) in [6, 6.07) is 19.8. The van der Waals surface area contributed by atoms with Crippen molar-refractivity contribution in [2.45, 2.75) is 13.8 Å². The predicted octanol–water partition coefficient (Wildman–Crippen LogP) is 5.41. The van der Waals surface area contributed by atoms with E-state index in [0.29, 0.717) is 10.6 Å². The van der Waals surface area contributed by atoms with Crippen LogP contribution in [0.3, 0.4) is 0 Å². The number of rotatable bonds is 3. The van der Waals surface area contributed by atoms with Crippen LogP contribution in [0.15, 0.2) is 60.7 Å². The number of nitrogen functional groups attached to an aromatic ring is 1. The molecule has 1 amide bonds. The molecule has 0 saturated carbocycles. The van der Waals surface area contributed by atoms with E-state index in [4.69, 9.17) is 10.7 Å². The lowest BCUT2D eigenvalue weighted by atomic mass is 10.1. The van der Waals surface area contributed by atoms with Crippen molar-refractivity contribution in [3.8, 4) is 11.3 Å². The van der Waals surface area contributed by atoms with E-state index in [9.17, 15) is 4.79 Å². The van der Waals surface area contributed by atoms with E-state index < -0.39 is 0 Å². The zero-order valence-corrected chi connectivity index (χ0v) is 15.9. The van der Waals surface area contributed by atoms with E-state index in [0.717, 1.165) is 32.7 Å². The van der Waals surface area contributed by atoms with Gasteiger partial charge in [-0.1, -0.05) is 48.0 Å². The van der Waals surface area contributed by atoms with Crippen molar-refractivity contribution < 1.29 is 4.79 Å².